The highest BCUT2D eigenvalue weighted by molar-refractivity contribution is 5.95. The van der Waals surface area contributed by atoms with E-state index in [0.29, 0.717) is 35.2 Å². The Balaban J connectivity index is 1.65. The molecule has 2 saturated carbocycles. The zero-order chi connectivity index (χ0) is 24.9. The van der Waals surface area contributed by atoms with E-state index < -0.39 is 24.2 Å². The Bertz CT molecular complexity index is 1070. The highest BCUT2D eigenvalue weighted by Crippen LogP contribution is 2.40. The van der Waals surface area contributed by atoms with Crippen molar-refractivity contribution in [2.75, 3.05) is 11.9 Å². The van der Waals surface area contributed by atoms with E-state index in [0.717, 1.165) is 25.7 Å². The molecule has 0 heterocycles. The second-order valence-electron chi connectivity index (χ2n) is 9.16. The van der Waals surface area contributed by atoms with Gasteiger partial charge in [0.1, 0.15) is 5.75 Å². The lowest BCUT2D eigenvalue weighted by Gasteiger charge is -2.27. The molecular formula is C27H31F2NO5. The van der Waals surface area contributed by atoms with Gasteiger partial charge in [-0.1, -0.05) is 31.0 Å². The largest absolute Gasteiger partial charge is 0.493 e. The smallest absolute Gasteiger partial charge is 0.307 e. The van der Waals surface area contributed by atoms with Crippen molar-refractivity contribution in [1.82, 2.24) is 0 Å². The minimum Gasteiger partial charge on any atom is -0.493 e. The molecular weight excluding hydrogens is 456 g/mol. The maximum absolute atomic E-state index is 14.1. The van der Waals surface area contributed by atoms with E-state index >= 15 is 0 Å². The summed E-state index contributed by atoms with van der Waals surface area (Å²) < 4.78 is 39.6. The summed E-state index contributed by atoms with van der Waals surface area (Å²) in [6.07, 6.45) is 1.98. The number of halogens is 2. The average molecular weight is 488 g/mol. The fourth-order valence-corrected chi connectivity index (χ4v) is 4.76. The van der Waals surface area contributed by atoms with Crippen LogP contribution in [0.4, 0.5) is 14.5 Å². The molecule has 2 fully saturated rings. The van der Waals surface area contributed by atoms with E-state index in [1.54, 1.807) is 37.3 Å². The van der Waals surface area contributed by atoms with Crippen molar-refractivity contribution in [2.24, 2.45) is 11.8 Å². The topological polar surface area (TPSA) is 84.9 Å². The summed E-state index contributed by atoms with van der Waals surface area (Å²) in [5, 5.41) is 12.4. The lowest BCUT2D eigenvalue weighted by Crippen LogP contribution is -2.36. The number of ether oxygens (including phenoxy) is 2. The Hall–Kier alpha value is -3.00. The van der Waals surface area contributed by atoms with E-state index in [9.17, 15) is 23.5 Å². The number of carboxylic acids is 1. The van der Waals surface area contributed by atoms with Crippen LogP contribution in [-0.2, 0) is 20.9 Å². The number of benzene rings is 2. The van der Waals surface area contributed by atoms with Crippen molar-refractivity contribution in [3.63, 3.8) is 0 Å². The predicted octanol–water partition coefficient (Wildman–Crippen LogP) is 6.20. The van der Waals surface area contributed by atoms with Gasteiger partial charge in [0.15, 0.2) is 0 Å². The molecule has 6 nitrogen and oxygen atoms in total. The summed E-state index contributed by atoms with van der Waals surface area (Å²) in [5.41, 5.74) is 1.93. The number of hydrogen-bond acceptors (Lipinski definition) is 4. The number of nitrogens with one attached hydrogen (secondary N) is 1. The van der Waals surface area contributed by atoms with Crippen LogP contribution < -0.4 is 10.1 Å². The lowest BCUT2D eigenvalue weighted by atomic mass is 9.78. The number of carboxylic acid groups (broad SMARTS) is 1. The zero-order valence-electron chi connectivity index (χ0n) is 19.8. The first-order valence-electron chi connectivity index (χ1n) is 12.2. The van der Waals surface area contributed by atoms with Gasteiger partial charge in [0.2, 0.25) is 5.91 Å². The molecule has 188 valence electrons. The van der Waals surface area contributed by atoms with Crippen LogP contribution in [0.2, 0.25) is 0 Å². The van der Waals surface area contributed by atoms with E-state index in [1.807, 2.05) is 0 Å². The molecule has 0 aliphatic heterocycles. The van der Waals surface area contributed by atoms with Gasteiger partial charge in [-0.05, 0) is 67.5 Å². The molecule has 8 heteroatoms. The van der Waals surface area contributed by atoms with Crippen LogP contribution in [0.15, 0.2) is 36.4 Å². The Morgan fingerprint density at radius 2 is 1.80 bits per heavy atom. The molecule has 2 N–H and O–H groups in total. The van der Waals surface area contributed by atoms with Gasteiger partial charge in [0.05, 0.1) is 36.7 Å². The average Bonchev–Trinajstić information content (AvgIpc) is 3.67. The molecule has 1 amide bonds. The molecule has 0 unspecified atom stereocenters. The second-order valence-corrected chi connectivity index (χ2v) is 9.16. The maximum Gasteiger partial charge on any atom is 0.307 e. The van der Waals surface area contributed by atoms with Crippen LogP contribution >= 0.6 is 0 Å². The number of anilines is 1. The summed E-state index contributed by atoms with van der Waals surface area (Å²) in [5.74, 6) is -2.43. The molecule has 2 aromatic carbocycles. The van der Waals surface area contributed by atoms with Gasteiger partial charge >= 0.3 is 5.97 Å². The molecule has 0 spiro atoms. The molecule has 2 atom stereocenters. The third kappa shape index (κ3) is 5.99. The third-order valence-corrected chi connectivity index (χ3v) is 6.67. The van der Waals surface area contributed by atoms with E-state index in [1.165, 1.54) is 6.07 Å². The fourth-order valence-electron chi connectivity index (χ4n) is 4.76. The van der Waals surface area contributed by atoms with E-state index in [2.05, 4.69) is 5.32 Å². The molecule has 4 rings (SSSR count). The highest BCUT2D eigenvalue weighted by Gasteiger charge is 2.36. The van der Waals surface area contributed by atoms with Crippen LogP contribution in [0.3, 0.4) is 0 Å². The predicted molar refractivity (Wildman–Crippen MR) is 128 cm³/mol. The normalized spacial score (nSPS) is 20.0. The summed E-state index contributed by atoms with van der Waals surface area (Å²) in [6.45, 7) is 2.23. The minimum absolute atomic E-state index is 0.142. The maximum atomic E-state index is 14.1. The first-order chi connectivity index (χ1) is 16.9. The Labute approximate surface area is 203 Å². The van der Waals surface area contributed by atoms with Gasteiger partial charge in [-0.15, -0.1) is 0 Å². The Morgan fingerprint density at radius 3 is 2.46 bits per heavy atom. The number of rotatable bonds is 10. The standard InChI is InChI=1S/C27H31F2NO5/c1-2-34-23-9-5-8-20(24(23)25(28)29)19-13-10-17(14-16(19)15-35-18-11-12-18)30-26(31)21-6-3-4-7-22(21)27(32)33/h5,8-10,13-14,18,21-22,25H,2-4,6-7,11-12,15H2,1H3,(H,30,31)(H,32,33)/t21-,22+/m0/s1. The first-order valence-corrected chi connectivity index (χ1v) is 12.2. The zero-order valence-corrected chi connectivity index (χ0v) is 19.8. The van der Waals surface area contributed by atoms with E-state index in [-0.39, 0.29) is 36.5 Å². The Kier molecular flexibility index (Phi) is 8.00. The van der Waals surface area contributed by atoms with Crippen LogP contribution in [0.25, 0.3) is 11.1 Å². The molecule has 35 heavy (non-hydrogen) atoms. The number of amides is 1. The fraction of sp³-hybridized carbons (Fsp3) is 0.481. The highest BCUT2D eigenvalue weighted by atomic mass is 19.3. The number of alkyl halides is 2. The third-order valence-electron chi connectivity index (χ3n) is 6.67. The molecule has 0 radical (unpaired) electrons. The second kappa shape index (κ2) is 11.2. The molecule has 2 aromatic rings. The van der Waals surface area contributed by atoms with Crippen LogP contribution in [-0.4, -0.2) is 29.7 Å². The Morgan fingerprint density at radius 1 is 1.06 bits per heavy atom. The summed E-state index contributed by atoms with van der Waals surface area (Å²) in [6, 6.07) is 9.95. The molecule has 0 aromatic heterocycles. The summed E-state index contributed by atoms with van der Waals surface area (Å²) in [4.78, 5) is 24.6. The van der Waals surface area contributed by atoms with Crippen molar-refractivity contribution < 1.29 is 33.0 Å². The van der Waals surface area contributed by atoms with Crippen molar-refractivity contribution >= 4 is 17.6 Å². The van der Waals surface area contributed by atoms with Crippen molar-refractivity contribution in [3.05, 3.63) is 47.5 Å². The SMILES string of the molecule is CCOc1cccc(-c2ccc(NC(=O)[C@H]3CCCC[C@H]3C(=O)O)cc2COC2CC2)c1C(F)F. The van der Waals surface area contributed by atoms with Crippen LogP contribution in [0.5, 0.6) is 5.75 Å². The van der Waals surface area contributed by atoms with Gasteiger partial charge in [0.25, 0.3) is 6.43 Å². The molecule has 0 saturated heterocycles. The minimum atomic E-state index is -2.73. The van der Waals surface area contributed by atoms with Gasteiger partial charge in [-0.2, -0.15) is 0 Å². The molecule has 2 aliphatic rings. The van der Waals surface area contributed by atoms with Crippen molar-refractivity contribution in [1.29, 1.82) is 0 Å². The van der Waals surface area contributed by atoms with Crippen molar-refractivity contribution in [3.8, 4) is 16.9 Å². The van der Waals surface area contributed by atoms with Crippen molar-refractivity contribution in [2.45, 2.75) is 64.6 Å². The van der Waals surface area contributed by atoms with Gasteiger partial charge in [-0.3, -0.25) is 9.59 Å². The quantitative estimate of drug-likeness (QED) is 0.417. The number of hydrogen-bond donors (Lipinski definition) is 2. The molecule has 2 aliphatic carbocycles. The molecule has 0 bridgehead atoms. The van der Waals surface area contributed by atoms with Gasteiger partial charge in [-0.25, -0.2) is 8.78 Å². The monoisotopic (exact) mass is 487 g/mol. The number of carbonyl (C=O) groups excluding carboxylic acids is 1. The summed E-state index contributed by atoms with van der Waals surface area (Å²) >= 11 is 0. The first kappa shape index (κ1) is 25.1. The van der Waals surface area contributed by atoms with Crippen LogP contribution in [0, 0.1) is 11.8 Å². The van der Waals surface area contributed by atoms with Crippen LogP contribution in [0.1, 0.15) is 63.0 Å². The summed E-state index contributed by atoms with van der Waals surface area (Å²) in [7, 11) is 0. The van der Waals surface area contributed by atoms with Gasteiger partial charge in [0, 0.05) is 5.69 Å². The lowest BCUT2D eigenvalue weighted by molar-refractivity contribution is -0.147. The van der Waals surface area contributed by atoms with E-state index in [4.69, 9.17) is 9.47 Å². The number of aliphatic carboxylic acids is 1. The van der Waals surface area contributed by atoms with Gasteiger partial charge < -0.3 is 19.9 Å². The number of carbonyl (C=O) groups is 2.